The summed E-state index contributed by atoms with van der Waals surface area (Å²) in [5.74, 6) is 0.482. The summed E-state index contributed by atoms with van der Waals surface area (Å²) < 4.78 is 12.0. The van der Waals surface area contributed by atoms with Gasteiger partial charge in [-0.2, -0.15) is 0 Å². The lowest BCUT2D eigenvalue weighted by molar-refractivity contribution is -0.138. The zero-order valence-electron chi connectivity index (χ0n) is 15.8. The number of hydrogen-bond acceptors (Lipinski definition) is 6. The molecule has 1 atom stereocenters. The smallest absolute Gasteiger partial charge is 0.305 e. The average molecular weight is 398 g/mol. The number of para-hydroxylation sites is 1. The molecule has 1 N–H and O–H groups in total. The molecule has 4 rings (SSSR count). The number of methoxy groups -OCH3 is 2. The molecule has 0 saturated heterocycles. The number of rotatable bonds is 6. The van der Waals surface area contributed by atoms with E-state index in [1.807, 2.05) is 30.3 Å². The van der Waals surface area contributed by atoms with E-state index >= 15 is 0 Å². The molecule has 0 radical (unpaired) electrons. The number of fused-ring (bicyclic) bond motifs is 2. The van der Waals surface area contributed by atoms with Crippen LogP contribution in [0.25, 0.3) is 10.2 Å². The Morgan fingerprint density at radius 1 is 1.25 bits per heavy atom. The highest BCUT2D eigenvalue weighted by molar-refractivity contribution is 7.18. The molecule has 1 unspecified atom stereocenters. The first kappa shape index (κ1) is 18.7. The van der Waals surface area contributed by atoms with Crippen LogP contribution in [0.2, 0.25) is 0 Å². The van der Waals surface area contributed by atoms with Crippen molar-refractivity contribution in [3.8, 4) is 11.5 Å². The molecule has 3 aromatic rings. The lowest BCUT2D eigenvalue weighted by atomic mass is 9.90. The summed E-state index contributed by atoms with van der Waals surface area (Å²) in [4.78, 5) is 18.5. The predicted molar refractivity (Wildman–Crippen MR) is 108 cm³/mol. The standard InChI is InChI=1S/C21H22N2O4S/c1-26-17-9-13-7-8-23(12-20-22-15-5-3-4-6-19(15)28-20)16(11-21(24)25)14(13)10-18(17)27-2/h3-6,9-10,16H,7-8,11-12H2,1-2H3,(H,24,25). The summed E-state index contributed by atoms with van der Waals surface area (Å²) in [5, 5.41) is 10.5. The second kappa shape index (κ2) is 7.77. The van der Waals surface area contributed by atoms with Crippen LogP contribution in [0.15, 0.2) is 36.4 Å². The highest BCUT2D eigenvalue weighted by atomic mass is 32.1. The molecule has 0 saturated carbocycles. The Labute approximate surface area is 167 Å². The molecular weight excluding hydrogens is 376 g/mol. The molecule has 7 heteroatoms. The molecule has 1 aliphatic rings. The van der Waals surface area contributed by atoms with E-state index in [4.69, 9.17) is 14.5 Å². The van der Waals surface area contributed by atoms with E-state index in [2.05, 4.69) is 11.0 Å². The third-order valence-electron chi connectivity index (χ3n) is 5.16. The fourth-order valence-electron chi connectivity index (χ4n) is 3.84. The Morgan fingerprint density at radius 2 is 2.00 bits per heavy atom. The highest BCUT2D eigenvalue weighted by Crippen LogP contribution is 2.40. The number of benzene rings is 2. The van der Waals surface area contributed by atoms with Crippen LogP contribution >= 0.6 is 11.3 Å². The minimum atomic E-state index is -0.818. The van der Waals surface area contributed by atoms with Crippen molar-refractivity contribution in [1.82, 2.24) is 9.88 Å². The van der Waals surface area contributed by atoms with Crippen molar-refractivity contribution < 1.29 is 19.4 Å². The van der Waals surface area contributed by atoms with Crippen molar-refractivity contribution in [2.75, 3.05) is 20.8 Å². The van der Waals surface area contributed by atoms with Crippen LogP contribution in [0, 0.1) is 0 Å². The molecule has 6 nitrogen and oxygen atoms in total. The molecule has 2 aromatic carbocycles. The Balaban J connectivity index is 1.68. The first-order valence-corrected chi connectivity index (χ1v) is 9.95. The number of carbonyl (C=O) groups is 1. The van der Waals surface area contributed by atoms with Gasteiger partial charge in [-0.15, -0.1) is 11.3 Å². The largest absolute Gasteiger partial charge is 0.493 e. The van der Waals surface area contributed by atoms with Gasteiger partial charge in [-0.25, -0.2) is 4.98 Å². The van der Waals surface area contributed by atoms with Gasteiger partial charge < -0.3 is 14.6 Å². The molecule has 1 aromatic heterocycles. The lowest BCUT2D eigenvalue weighted by Gasteiger charge is -2.36. The van der Waals surface area contributed by atoms with E-state index in [1.165, 1.54) is 0 Å². The molecule has 28 heavy (non-hydrogen) atoms. The quantitative estimate of drug-likeness (QED) is 0.679. The summed E-state index contributed by atoms with van der Waals surface area (Å²) in [6, 6.07) is 11.7. The summed E-state index contributed by atoms with van der Waals surface area (Å²) in [7, 11) is 3.21. The van der Waals surface area contributed by atoms with Crippen LogP contribution in [-0.2, 0) is 17.8 Å². The highest BCUT2D eigenvalue weighted by Gasteiger charge is 2.31. The fourth-order valence-corrected chi connectivity index (χ4v) is 4.83. The van der Waals surface area contributed by atoms with Gasteiger partial charge in [0.25, 0.3) is 0 Å². The minimum absolute atomic E-state index is 0.0351. The maximum absolute atomic E-state index is 11.6. The lowest BCUT2D eigenvalue weighted by Crippen LogP contribution is -2.36. The van der Waals surface area contributed by atoms with Gasteiger partial charge >= 0.3 is 5.97 Å². The topological polar surface area (TPSA) is 71.9 Å². The number of aliphatic carboxylic acids is 1. The van der Waals surface area contributed by atoms with Crippen molar-refractivity contribution in [3.63, 3.8) is 0 Å². The van der Waals surface area contributed by atoms with Gasteiger partial charge in [0.05, 0.1) is 37.4 Å². The van der Waals surface area contributed by atoms with Crippen LogP contribution in [0.5, 0.6) is 11.5 Å². The Kier molecular flexibility index (Phi) is 5.19. The third-order valence-corrected chi connectivity index (χ3v) is 6.18. The number of aromatic nitrogens is 1. The first-order valence-electron chi connectivity index (χ1n) is 9.14. The van der Waals surface area contributed by atoms with Gasteiger partial charge in [0.1, 0.15) is 5.01 Å². The maximum Gasteiger partial charge on any atom is 0.305 e. The van der Waals surface area contributed by atoms with Crippen LogP contribution in [0.3, 0.4) is 0 Å². The second-order valence-electron chi connectivity index (χ2n) is 6.82. The number of carboxylic acid groups (broad SMARTS) is 1. The number of hydrogen-bond donors (Lipinski definition) is 1. The minimum Gasteiger partial charge on any atom is -0.493 e. The zero-order valence-corrected chi connectivity index (χ0v) is 16.7. The van der Waals surface area contributed by atoms with Crippen LogP contribution in [0.4, 0.5) is 0 Å². The van der Waals surface area contributed by atoms with Gasteiger partial charge in [0, 0.05) is 12.6 Å². The molecule has 0 spiro atoms. The molecule has 0 bridgehead atoms. The molecule has 1 aliphatic heterocycles. The summed E-state index contributed by atoms with van der Waals surface area (Å²) >= 11 is 1.66. The number of thiazole rings is 1. The third kappa shape index (κ3) is 3.55. The second-order valence-corrected chi connectivity index (χ2v) is 7.93. The van der Waals surface area contributed by atoms with Crippen molar-refractivity contribution >= 4 is 27.5 Å². The number of nitrogens with zero attached hydrogens (tertiary/aromatic N) is 2. The summed E-state index contributed by atoms with van der Waals surface area (Å²) in [6.07, 6.45) is 0.865. The first-order chi connectivity index (χ1) is 13.6. The number of ether oxygens (including phenoxy) is 2. The predicted octanol–water partition coefficient (Wildman–Crippen LogP) is 3.89. The van der Waals surface area contributed by atoms with Gasteiger partial charge in [-0.05, 0) is 41.8 Å². The van der Waals surface area contributed by atoms with E-state index in [0.29, 0.717) is 18.0 Å². The van der Waals surface area contributed by atoms with E-state index in [0.717, 1.165) is 39.3 Å². The number of carboxylic acids is 1. The van der Waals surface area contributed by atoms with E-state index in [1.54, 1.807) is 25.6 Å². The Morgan fingerprint density at radius 3 is 2.71 bits per heavy atom. The molecular formula is C21H22N2O4S. The molecule has 2 heterocycles. The maximum atomic E-state index is 11.6. The van der Waals surface area contributed by atoms with Gasteiger partial charge in [0.15, 0.2) is 11.5 Å². The van der Waals surface area contributed by atoms with Crippen LogP contribution in [-0.4, -0.2) is 41.7 Å². The fraction of sp³-hybridized carbons (Fsp3) is 0.333. The van der Waals surface area contributed by atoms with Crippen LogP contribution < -0.4 is 9.47 Å². The van der Waals surface area contributed by atoms with Crippen molar-refractivity contribution in [2.24, 2.45) is 0 Å². The molecule has 146 valence electrons. The van der Waals surface area contributed by atoms with Gasteiger partial charge in [-0.3, -0.25) is 9.69 Å². The van der Waals surface area contributed by atoms with Crippen molar-refractivity contribution in [2.45, 2.75) is 25.4 Å². The van der Waals surface area contributed by atoms with Crippen molar-refractivity contribution in [3.05, 3.63) is 52.5 Å². The van der Waals surface area contributed by atoms with E-state index < -0.39 is 5.97 Å². The van der Waals surface area contributed by atoms with Gasteiger partial charge in [0.2, 0.25) is 0 Å². The van der Waals surface area contributed by atoms with E-state index in [9.17, 15) is 9.90 Å². The monoisotopic (exact) mass is 398 g/mol. The molecule has 0 aliphatic carbocycles. The van der Waals surface area contributed by atoms with Crippen LogP contribution in [0.1, 0.15) is 28.6 Å². The molecule has 0 amide bonds. The van der Waals surface area contributed by atoms with Gasteiger partial charge in [-0.1, -0.05) is 12.1 Å². The Bertz CT molecular complexity index is 984. The molecule has 0 fully saturated rings. The SMILES string of the molecule is COc1cc2c(cc1OC)C(CC(=O)O)N(Cc1nc3ccccc3s1)CC2. The summed E-state index contributed by atoms with van der Waals surface area (Å²) in [5.41, 5.74) is 3.10. The summed E-state index contributed by atoms with van der Waals surface area (Å²) in [6.45, 7) is 1.40. The normalized spacial score (nSPS) is 16.7. The average Bonchev–Trinajstić information content (AvgIpc) is 3.10. The van der Waals surface area contributed by atoms with E-state index in [-0.39, 0.29) is 12.5 Å². The van der Waals surface area contributed by atoms with Crippen molar-refractivity contribution in [1.29, 1.82) is 0 Å². The zero-order chi connectivity index (χ0) is 19.7. The Hall–Kier alpha value is -2.64.